The standard InChI is InChI=1S/C12H14N2O2.3C2H6/c1-3-4-7-14(10(2)16)12-6-5-11(9-15)8-13-12;3*1-2/h3-8,15H,1,9H2,2H3;3*1-2H3/b7-4-;;;. The molecule has 0 radical (unpaired) electrons. The largest absolute Gasteiger partial charge is 0.392 e. The molecular weight excluding hydrogens is 276 g/mol. The molecule has 1 aromatic rings. The number of aromatic nitrogens is 1. The maximum atomic E-state index is 11.4. The van der Waals surface area contributed by atoms with Crippen LogP contribution in [0.1, 0.15) is 54.0 Å². The van der Waals surface area contributed by atoms with Crippen LogP contribution in [0, 0.1) is 0 Å². The molecule has 0 saturated carbocycles. The van der Waals surface area contributed by atoms with Crippen molar-refractivity contribution in [2.45, 2.75) is 55.1 Å². The van der Waals surface area contributed by atoms with Gasteiger partial charge in [-0.25, -0.2) is 4.98 Å². The molecule has 0 fully saturated rings. The highest BCUT2D eigenvalue weighted by atomic mass is 16.3. The van der Waals surface area contributed by atoms with Crippen LogP contribution in [0.4, 0.5) is 5.82 Å². The lowest BCUT2D eigenvalue weighted by atomic mass is 10.3. The Balaban J connectivity index is -0.000000535. The fraction of sp³-hybridized carbons (Fsp3) is 0.444. The van der Waals surface area contributed by atoms with Crippen LogP contribution >= 0.6 is 0 Å². The Morgan fingerprint density at radius 1 is 1.23 bits per heavy atom. The Morgan fingerprint density at radius 3 is 2.09 bits per heavy atom. The summed E-state index contributed by atoms with van der Waals surface area (Å²) in [6.45, 7) is 16.9. The summed E-state index contributed by atoms with van der Waals surface area (Å²) in [5, 5.41) is 8.87. The van der Waals surface area contributed by atoms with Crippen molar-refractivity contribution in [3.05, 3.63) is 48.8 Å². The van der Waals surface area contributed by atoms with Crippen molar-refractivity contribution >= 4 is 11.7 Å². The smallest absolute Gasteiger partial charge is 0.229 e. The van der Waals surface area contributed by atoms with E-state index in [0.29, 0.717) is 11.4 Å². The third-order valence-corrected chi connectivity index (χ3v) is 1.95. The molecule has 1 N–H and O–H groups in total. The molecule has 4 heteroatoms. The second kappa shape index (κ2) is 19.1. The first-order valence-corrected chi connectivity index (χ1v) is 7.84. The summed E-state index contributed by atoms with van der Waals surface area (Å²) in [6, 6.07) is 3.40. The minimum Gasteiger partial charge on any atom is -0.392 e. The second-order valence-corrected chi connectivity index (χ2v) is 3.15. The van der Waals surface area contributed by atoms with Crippen molar-refractivity contribution in [2.24, 2.45) is 0 Å². The van der Waals surface area contributed by atoms with E-state index in [-0.39, 0.29) is 12.5 Å². The fourth-order valence-corrected chi connectivity index (χ4v) is 1.14. The number of aliphatic hydroxyl groups excluding tert-OH is 1. The molecule has 0 atom stereocenters. The molecule has 126 valence electrons. The van der Waals surface area contributed by atoms with Gasteiger partial charge in [-0.1, -0.05) is 60.3 Å². The molecule has 4 nitrogen and oxygen atoms in total. The summed E-state index contributed by atoms with van der Waals surface area (Å²) in [4.78, 5) is 16.8. The van der Waals surface area contributed by atoms with Gasteiger partial charge in [0, 0.05) is 19.3 Å². The van der Waals surface area contributed by atoms with Gasteiger partial charge in [-0.15, -0.1) is 0 Å². The molecule has 0 unspecified atom stereocenters. The van der Waals surface area contributed by atoms with E-state index in [4.69, 9.17) is 5.11 Å². The molecule has 0 aromatic carbocycles. The Kier molecular flexibility index (Phi) is 21.7. The summed E-state index contributed by atoms with van der Waals surface area (Å²) in [7, 11) is 0. The summed E-state index contributed by atoms with van der Waals surface area (Å²) in [6.07, 6.45) is 6.37. The number of rotatable bonds is 4. The zero-order valence-corrected chi connectivity index (χ0v) is 15.1. The molecule has 0 aliphatic heterocycles. The Hall–Kier alpha value is -1.94. The number of hydrogen-bond donors (Lipinski definition) is 1. The first-order chi connectivity index (χ1) is 10.7. The van der Waals surface area contributed by atoms with Crippen LogP contribution in [0.25, 0.3) is 0 Å². The Bertz CT molecular complexity index is 398. The van der Waals surface area contributed by atoms with Gasteiger partial charge in [0.1, 0.15) is 5.82 Å². The zero-order valence-electron chi connectivity index (χ0n) is 15.1. The molecule has 0 spiro atoms. The topological polar surface area (TPSA) is 53.4 Å². The van der Waals surface area contributed by atoms with Crippen molar-refractivity contribution in [3.8, 4) is 0 Å². The van der Waals surface area contributed by atoms with Crippen molar-refractivity contribution in [2.75, 3.05) is 4.90 Å². The monoisotopic (exact) mass is 308 g/mol. The molecule has 0 bridgehead atoms. The third-order valence-electron chi connectivity index (χ3n) is 1.95. The number of carbonyl (C=O) groups is 1. The number of nitrogens with zero attached hydrogens (tertiary/aromatic N) is 2. The van der Waals surface area contributed by atoms with Gasteiger partial charge in [0.05, 0.1) is 6.61 Å². The highest BCUT2D eigenvalue weighted by Gasteiger charge is 2.08. The van der Waals surface area contributed by atoms with E-state index in [9.17, 15) is 4.79 Å². The number of allylic oxidation sites excluding steroid dienone is 2. The summed E-state index contributed by atoms with van der Waals surface area (Å²) in [5.74, 6) is 0.380. The first kappa shape index (κ1) is 25.0. The first-order valence-electron chi connectivity index (χ1n) is 7.84. The molecule has 0 aliphatic rings. The average molecular weight is 308 g/mol. The van der Waals surface area contributed by atoms with E-state index in [0.717, 1.165) is 0 Å². The molecule has 1 amide bonds. The Morgan fingerprint density at radius 2 is 1.77 bits per heavy atom. The van der Waals surface area contributed by atoms with Crippen LogP contribution in [-0.4, -0.2) is 16.0 Å². The predicted octanol–water partition coefficient (Wildman–Crippen LogP) is 4.71. The number of amides is 1. The fourth-order valence-electron chi connectivity index (χ4n) is 1.14. The minimum atomic E-state index is -0.137. The van der Waals surface area contributed by atoms with Crippen LogP contribution in [0.15, 0.2) is 43.3 Å². The van der Waals surface area contributed by atoms with Crippen molar-refractivity contribution in [3.63, 3.8) is 0 Å². The van der Waals surface area contributed by atoms with Gasteiger partial charge in [0.25, 0.3) is 0 Å². The van der Waals surface area contributed by atoms with E-state index in [1.54, 1.807) is 30.5 Å². The van der Waals surface area contributed by atoms with Gasteiger partial charge in [0.2, 0.25) is 5.91 Å². The molecule has 1 heterocycles. The number of aliphatic hydroxyl groups is 1. The quantitative estimate of drug-likeness (QED) is 0.820. The molecule has 1 rings (SSSR count). The predicted molar refractivity (Wildman–Crippen MR) is 96.7 cm³/mol. The maximum absolute atomic E-state index is 11.4. The summed E-state index contributed by atoms with van der Waals surface area (Å²) >= 11 is 0. The maximum Gasteiger partial charge on any atom is 0.229 e. The van der Waals surface area contributed by atoms with Gasteiger partial charge < -0.3 is 5.11 Å². The number of anilines is 1. The normalized spacial score (nSPS) is 8.36. The number of pyridine rings is 1. The van der Waals surface area contributed by atoms with Gasteiger partial charge >= 0.3 is 0 Å². The van der Waals surface area contributed by atoms with Crippen LogP contribution in [0.5, 0.6) is 0 Å². The molecule has 0 aliphatic carbocycles. The van der Waals surface area contributed by atoms with Crippen LogP contribution in [0.3, 0.4) is 0 Å². The average Bonchev–Trinajstić information content (AvgIpc) is 2.61. The third kappa shape index (κ3) is 10.8. The van der Waals surface area contributed by atoms with E-state index < -0.39 is 0 Å². The zero-order chi connectivity index (χ0) is 18.0. The molecule has 1 aromatic heterocycles. The van der Waals surface area contributed by atoms with Gasteiger partial charge in [0.15, 0.2) is 0 Å². The SMILES string of the molecule is C=C/C=C\N(C(C)=O)c1ccc(CO)cn1.CC.CC.CC. The van der Waals surface area contributed by atoms with E-state index in [1.165, 1.54) is 18.0 Å². The summed E-state index contributed by atoms with van der Waals surface area (Å²) in [5.41, 5.74) is 0.708. The van der Waals surface area contributed by atoms with Crippen LogP contribution < -0.4 is 4.90 Å². The van der Waals surface area contributed by atoms with Crippen LogP contribution in [-0.2, 0) is 11.4 Å². The van der Waals surface area contributed by atoms with Gasteiger partial charge in [-0.3, -0.25) is 9.69 Å². The van der Waals surface area contributed by atoms with Gasteiger partial charge in [-0.05, 0) is 17.7 Å². The number of carbonyl (C=O) groups excluding carboxylic acids is 1. The minimum absolute atomic E-state index is 0.0597. The van der Waals surface area contributed by atoms with E-state index >= 15 is 0 Å². The second-order valence-electron chi connectivity index (χ2n) is 3.15. The van der Waals surface area contributed by atoms with Crippen molar-refractivity contribution in [1.29, 1.82) is 0 Å². The highest BCUT2D eigenvalue weighted by Crippen LogP contribution is 2.12. The van der Waals surface area contributed by atoms with Gasteiger partial charge in [-0.2, -0.15) is 0 Å². The lowest BCUT2D eigenvalue weighted by molar-refractivity contribution is -0.116. The molecule has 22 heavy (non-hydrogen) atoms. The highest BCUT2D eigenvalue weighted by molar-refractivity contribution is 5.92. The van der Waals surface area contributed by atoms with Crippen molar-refractivity contribution in [1.82, 2.24) is 4.98 Å². The van der Waals surface area contributed by atoms with E-state index in [2.05, 4.69) is 11.6 Å². The Labute approximate surface area is 136 Å². The van der Waals surface area contributed by atoms with Crippen LogP contribution in [0.2, 0.25) is 0 Å². The lowest BCUT2D eigenvalue weighted by Gasteiger charge is -2.14. The summed E-state index contributed by atoms with van der Waals surface area (Å²) < 4.78 is 0. The molecule has 0 saturated heterocycles. The van der Waals surface area contributed by atoms with E-state index in [1.807, 2.05) is 41.5 Å². The van der Waals surface area contributed by atoms with Crippen molar-refractivity contribution < 1.29 is 9.90 Å². The number of hydrogen-bond acceptors (Lipinski definition) is 3. The molecular formula is C18H32N2O2. The lowest BCUT2D eigenvalue weighted by Crippen LogP contribution is -2.22.